The second kappa shape index (κ2) is 11.7. The molecule has 13 heteroatoms. The Morgan fingerprint density at radius 1 is 1.23 bits per heavy atom. The van der Waals surface area contributed by atoms with Gasteiger partial charge in [-0.1, -0.05) is 5.16 Å². The topological polar surface area (TPSA) is 99.9 Å². The molecule has 0 N–H and O–H groups in total. The van der Waals surface area contributed by atoms with Crippen molar-refractivity contribution >= 4 is 55.6 Å². The molecule has 1 aliphatic heterocycles. The highest BCUT2D eigenvalue weighted by Crippen LogP contribution is 2.29. The standard InChI is InChI=1S/C18H26BrN5O4S2.ClH/c1-3-23(4-2)17(25)7-6-16-20-15(21-28-16)13-22-9-11-24(12-10-22)30(26,27)18-8-5-14(19)29-18;/h5,8H,3-4,6-7,9-13H2,1-2H3;1H. The number of aromatic nitrogens is 2. The third-order valence-electron chi connectivity index (χ3n) is 5.02. The van der Waals surface area contributed by atoms with Gasteiger partial charge >= 0.3 is 0 Å². The van der Waals surface area contributed by atoms with Crippen LogP contribution in [0, 0.1) is 0 Å². The lowest BCUT2D eigenvalue weighted by Crippen LogP contribution is -2.48. The maximum atomic E-state index is 12.7. The summed E-state index contributed by atoms with van der Waals surface area (Å²) in [5.41, 5.74) is 0. The Kier molecular flexibility index (Phi) is 9.90. The predicted molar refractivity (Wildman–Crippen MR) is 124 cm³/mol. The first-order chi connectivity index (χ1) is 14.3. The highest BCUT2D eigenvalue weighted by atomic mass is 79.9. The van der Waals surface area contributed by atoms with Crippen molar-refractivity contribution < 1.29 is 17.7 Å². The zero-order chi connectivity index (χ0) is 21.7. The molecule has 0 aromatic carbocycles. The smallest absolute Gasteiger partial charge is 0.252 e. The van der Waals surface area contributed by atoms with Crippen LogP contribution < -0.4 is 0 Å². The van der Waals surface area contributed by atoms with Crippen LogP contribution in [0.25, 0.3) is 0 Å². The molecule has 3 rings (SSSR count). The second-order valence-electron chi connectivity index (χ2n) is 6.91. The normalized spacial score (nSPS) is 15.6. The van der Waals surface area contributed by atoms with Gasteiger partial charge in [-0.05, 0) is 41.9 Å². The van der Waals surface area contributed by atoms with E-state index in [1.165, 1.54) is 15.6 Å². The molecule has 0 bridgehead atoms. The Labute approximate surface area is 201 Å². The molecule has 0 spiro atoms. The number of halogens is 2. The summed E-state index contributed by atoms with van der Waals surface area (Å²) in [6.07, 6.45) is 0.767. The van der Waals surface area contributed by atoms with E-state index in [0.29, 0.717) is 74.6 Å². The number of hydrogen-bond donors (Lipinski definition) is 0. The Balaban J connectivity index is 0.00000341. The van der Waals surface area contributed by atoms with E-state index in [2.05, 4.69) is 31.0 Å². The fourth-order valence-electron chi connectivity index (χ4n) is 3.30. The van der Waals surface area contributed by atoms with Crippen LogP contribution in [0.15, 0.2) is 24.7 Å². The summed E-state index contributed by atoms with van der Waals surface area (Å²) in [4.78, 5) is 20.4. The highest BCUT2D eigenvalue weighted by molar-refractivity contribution is 9.11. The van der Waals surface area contributed by atoms with Gasteiger partial charge < -0.3 is 9.42 Å². The molecule has 1 saturated heterocycles. The molecule has 0 saturated carbocycles. The first kappa shape index (κ1) is 26.2. The van der Waals surface area contributed by atoms with E-state index < -0.39 is 10.0 Å². The van der Waals surface area contributed by atoms with Gasteiger partial charge in [-0.2, -0.15) is 9.29 Å². The van der Waals surface area contributed by atoms with Crippen LogP contribution in [0.3, 0.4) is 0 Å². The molecule has 1 aliphatic rings. The van der Waals surface area contributed by atoms with Crippen molar-refractivity contribution in [2.24, 2.45) is 0 Å². The van der Waals surface area contributed by atoms with E-state index in [4.69, 9.17) is 4.52 Å². The molecule has 31 heavy (non-hydrogen) atoms. The maximum Gasteiger partial charge on any atom is 0.252 e. The van der Waals surface area contributed by atoms with Gasteiger partial charge in [0.25, 0.3) is 10.0 Å². The van der Waals surface area contributed by atoms with E-state index in [0.717, 1.165) is 3.79 Å². The molecule has 2 aromatic rings. The summed E-state index contributed by atoms with van der Waals surface area (Å²) >= 11 is 4.53. The lowest BCUT2D eigenvalue weighted by molar-refractivity contribution is -0.130. The van der Waals surface area contributed by atoms with Gasteiger partial charge in [-0.3, -0.25) is 9.69 Å². The number of rotatable bonds is 9. The third-order valence-corrected chi connectivity index (χ3v) is 9.01. The van der Waals surface area contributed by atoms with Gasteiger partial charge in [0.15, 0.2) is 5.82 Å². The summed E-state index contributed by atoms with van der Waals surface area (Å²) in [5, 5.41) is 4.00. The average Bonchev–Trinajstić information content (AvgIpc) is 3.37. The summed E-state index contributed by atoms with van der Waals surface area (Å²) in [7, 11) is -3.45. The van der Waals surface area contributed by atoms with E-state index in [-0.39, 0.29) is 18.3 Å². The van der Waals surface area contributed by atoms with Crippen molar-refractivity contribution in [2.45, 2.75) is 37.4 Å². The van der Waals surface area contributed by atoms with E-state index in [1.54, 1.807) is 17.0 Å². The molecule has 1 fully saturated rings. The number of sulfonamides is 1. The minimum absolute atomic E-state index is 0. The van der Waals surface area contributed by atoms with Crippen LogP contribution in [0.4, 0.5) is 0 Å². The predicted octanol–water partition coefficient (Wildman–Crippen LogP) is 2.62. The number of aryl methyl sites for hydroxylation is 1. The van der Waals surface area contributed by atoms with Crippen LogP contribution >= 0.6 is 39.7 Å². The zero-order valence-electron chi connectivity index (χ0n) is 17.5. The van der Waals surface area contributed by atoms with Crippen molar-refractivity contribution in [1.29, 1.82) is 0 Å². The van der Waals surface area contributed by atoms with Crippen LogP contribution in [0.5, 0.6) is 0 Å². The Bertz CT molecular complexity index is 956. The lowest BCUT2D eigenvalue weighted by atomic mass is 10.2. The first-order valence-corrected chi connectivity index (χ1v) is 13.0. The van der Waals surface area contributed by atoms with Gasteiger partial charge in [0.05, 0.1) is 10.3 Å². The van der Waals surface area contributed by atoms with Crippen molar-refractivity contribution in [1.82, 2.24) is 24.2 Å². The molecule has 0 unspecified atom stereocenters. The fraction of sp³-hybridized carbons (Fsp3) is 0.611. The summed E-state index contributed by atoms with van der Waals surface area (Å²) in [5.74, 6) is 1.09. The van der Waals surface area contributed by atoms with Gasteiger partial charge in [-0.15, -0.1) is 23.7 Å². The SMILES string of the molecule is CCN(CC)C(=O)CCc1nc(CN2CCN(S(=O)(=O)c3ccc(Br)s3)CC2)no1.Cl. The van der Waals surface area contributed by atoms with Gasteiger partial charge in [0, 0.05) is 52.1 Å². The summed E-state index contributed by atoms with van der Waals surface area (Å²) in [6.45, 7) is 7.80. The quantitative estimate of drug-likeness (QED) is 0.468. The molecule has 0 atom stereocenters. The Morgan fingerprint density at radius 3 is 2.48 bits per heavy atom. The highest BCUT2D eigenvalue weighted by Gasteiger charge is 2.30. The Hall–Kier alpha value is -1.05. The third kappa shape index (κ3) is 6.72. The van der Waals surface area contributed by atoms with E-state index >= 15 is 0 Å². The zero-order valence-corrected chi connectivity index (χ0v) is 21.5. The number of thiophene rings is 1. The average molecular weight is 557 g/mol. The molecule has 1 amide bonds. The number of carbonyl (C=O) groups excluding carboxylic acids is 1. The van der Waals surface area contributed by atoms with Crippen LogP contribution in [0.2, 0.25) is 0 Å². The molecule has 9 nitrogen and oxygen atoms in total. The molecule has 0 radical (unpaired) electrons. The van der Waals surface area contributed by atoms with E-state index in [1.807, 2.05) is 13.8 Å². The van der Waals surface area contributed by atoms with Crippen LogP contribution in [0.1, 0.15) is 32.0 Å². The van der Waals surface area contributed by atoms with Crippen LogP contribution in [-0.4, -0.2) is 77.8 Å². The van der Waals surface area contributed by atoms with E-state index in [9.17, 15) is 13.2 Å². The lowest BCUT2D eigenvalue weighted by Gasteiger charge is -2.32. The number of hydrogen-bond acceptors (Lipinski definition) is 8. The first-order valence-electron chi connectivity index (χ1n) is 9.90. The fourth-order valence-corrected chi connectivity index (χ4v) is 6.88. The summed E-state index contributed by atoms with van der Waals surface area (Å²) < 4.78 is 33.4. The van der Waals surface area contributed by atoms with Crippen molar-refractivity contribution in [3.8, 4) is 0 Å². The molecular weight excluding hydrogens is 530 g/mol. The molecule has 2 aromatic heterocycles. The van der Waals surface area contributed by atoms with Gasteiger partial charge in [0.2, 0.25) is 11.8 Å². The largest absolute Gasteiger partial charge is 0.343 e. The molecule has 0 aliphatic carbocycles. The van der Waals surface area contributed by atoms with Gasteiger partial charge in [-0.25, -0.2) is 8.42 Å². The molecule has 174 valence electrons. The number of piperazine rings is 1. The van der Waals surface area contributed by atoms with Crippen molar-refractivity contribution in [3.63, 3.8) is 0 Å². The number of amides is 1. The number of carbonyl (C=O) groups is 1. The van der Waals surface area contributed by atoms with Crippen molar-refractivity contribution in [3.05, 3.63) is 27.6 Å². The molecular formula is C18H27BrClN5O4S2. The minimum Gasteiger partial charge on any atom is -0.343 e. The molecule has 3 heterocycles. The van der Waals surface area contributed by atoms with Gasteiger partial charge in [0.1, 0.15) is 4.21 Å². The van der Waals surface area contributed by atoms with Crippen molar-refractivity contribution in [2.75, 3.05) is 39.3 Å². The maximum absolute atomic E-state index is 12.7. The second-order valence-corrected chi connectivity index (χ2v) is 11.5. The summed E-state index contributed by atoms with van der Waals surface area (Å²) in [6, 6.07) is 3.37. The number of nitrogens with zero attached hydrogens (tertiary/aromatic N) is 5. The minimum atomic E-state index is -3.45. The Morgan fingerprint density at radius 2 is 1.90 bits per heavy atom. The monoisotopic (exact) mass is 555 g/mol. The van der Waals surface area contributed by atoms with Crippen LogP contribution in [-0.2, 0) is 27.8 Å².